The summed E-state index contributed by atoms with van der Waals surface area (Å²) in [6.07, 6.45) is 0. The largest absolute Gasteiger partial charge is 0.506 e. The molecule has 3 heterocycles. The van der Waals surface area contributed by atoms with Gasteiger partial charge in [0.15, 0.2) is 0 Å². The highest BCUT2D eigenvalue weighted by Gasteiger charge is 2.25. The maximum absolute atomic E-state index is 12.8. The van der Waals surface area contributed by atoms with E-state index in [-0.39, 0.29) is 16.9 Å². The van der Waals surface area contributed by atoms with E-state index in [1.54, 1.807) is 19.2 Å². The smallest absolute Gasteiger partial charge is 0.270 e. The number of aromatic nitrogens is 2. The van der Waals surface area contributed by atoms with E-state index in [1.165, 1.54) is 4.57 Å². The molecule has 154 valence electrons. The van der Waals surface area contributed by atoms with Crippen molar-refractivity contribution in [2.45, 2.75) is 6.54 Å². The van der Waals surface area contributed by atoms with Gasteiger partial charge in [0.1, 0.15) is 27.5 Å². The Morgan fingerprint density at radius 3 is 2.67 bits per heavy atom. The van der Waals surface area contributed by atoms with Crippen molar-refractivity contribution >= 4 is 44.3 Å². The Hall–Kier alpha value is -2.60. The molecule has 0 amide bonds. The number of rotatable bonds is 3. The number of aryl methyl sites for hydroxylation is 1. The number of nitrogens with zero attached hydrogens (tertiary/aromatic N) is 5. The Kier molecular flexibility index (Phi) is 5.69. The number of hydrogen-bond acceptors (Lipinski definition) is 6. The van der Waals surface area contributed by atoms with E-state index in [1.807, 2.05) is 18.2 Å². The molecule has 0 saturated carbocycles. The molecule has 30 heavy (non-hydrogen) atoms. The minimum atomic E-state index is -0.324. The molecule has 9 heteroatoms. The number of fused-ring (bicyclic) bond motifs is 1. The van der Waals surface area contributed by atoms with Crippen molar-refractivity contribution in [3.63, 3.8) is 0 Å². The number of anilines is 1. The van der Waals surface area contributed by atoms with Crippen LogP contribution in [0.25, 0.3) is 11.0 Å². The Morgan fingerprint density at radius 2 is 1.97 bits per heavy atom. The van der Waals surface area contributed by atoms with Gasteiger partial charge in [-0.1, -0.05) is 23.7 Å². The van der Waals surface area contributed by atoms with Crippen LogP contribution in [0.15, 0.2) is 39.7 Å². The summed E-state index contributed by atoms with van der Waals surface area (Å²) in [7, 11) is 1.65. The lowest BCUT2D eigenvalue weighted by atomic mass is 10.1. The van der Waals surface area contributed by atoms with Crippen molar-refractivity contribution in [3.8, 4) is 11.8 Å². The SMILES string of the molecule is Cn1c(=O)c(C#N)c(N2CCN(Cc3cccc(Cl)c3O)CC2)c2nc(Br)ccc21. The molecule has 4 rings (SSSR count). The predicted octanol–water partition coefficient (Wildman–Crippen LogP) is 3.25. The molecular weight excluding hydrogens is 470 g/mol. The quantitative estimate of drug-likeness (QED) is 0.570. The second-order valence-electron chi connectivity index (χ2n) is 7.21. The van der Waals surface area contributed by atoms with Gasteiger partial charge >= 0.3 is 0 Å². The van der Waals surface area contributed by atoms with Crippen LogP contribution in [0.3, 0.4) is 0 Å². The second-order valence-corrected chi connectivity index (χ2v) is 8.43. The fraction of sp³-hybridized carbons (Fsp3) is 0.286. The van der Waals surface area contributed by atoms with Gasteiger partial charge in [-0.3, -0.25) is 9.69 Å². The number of phenols is 1. The highest BCUT2D eigenvalue weighted by molar-refractivity contribution is 9.10. The summed E-state index contributed by atoms with van der Waals surface area (Å²) in [4.78, 5) is 21.6. The van der Waals surface area contributed by atoms with Crippen molar-refractivity contribution in [2.24, 2.45) is 7.05 Å². The summed E-state index contributed by atoms with van der Waals surface area (Å²) >= 11 is 9.41. The van der Waals surface area contributed by atoms with E-state index in [4.69, 9.17) is 11.6 Å². The first kappa shape index (κ1) is 20.7. The minimum Gasteiger partial charge on any atom is -0.506 e. The zero-order valence-electron chi connectivity index (χ0n) is 16.3. The highest BCUT2D eigenvalue weighted by atomic mass is 79.9. The van der Waals surface area contributed by atoms with Gasteiger partial charge in [-0.2, -0.15) is 5.26 Å². The molecule has 0 unspecified atom stereocenters. The molecule has 0 aliphatic carbocycles. The zero-order chi connectivity index (χ0) is 21.4. The van der Waals surface area contributed by atoms with E-state index >= 15 is 0 Å². The average Bonchev–Trinajstić information content (AvgIpc) is 2.74. The topological polar surface area (TPSA) is 85.4 Å². The van der Waals surface area contributed by atoms with Gasteiger partial charge in [-0.25, -0.2) is 4.98 Å². The number of benzene rings is 1. The fourth-order valence-electron chi connectivity index (χ4n) is 3.84. The first-order valence-electron chi connectivity index (χ1n) is 9.43. The minimum absolute atomic E-state index is 0.108. The van der Waals surface area contributed by atoms with E-state index < -0.39 is 0 Å². The lowest BCUT2D eigenvalue weighted by Crippen LogP contribution is -2.47. The fourth-order valence-corrected chi connectivity index (χ4v) is 4.34. The van der Waals surface area contributed by atoms with Crippen LogP contribution >= 0.6 is 27.5 Å². The first-order chi connectivity index (χ1) is 14.4. The zero-order valence-corrected chi connectivity index (χ0v) is 18.6. The molecule has 0 spiro atoms. The van der Waals surface area contributed by atoms with Gasteiger partial charge in [0.25, 0.3) is 5.56 Å². The molecule has 3 aromatic rings. The third kappa shape index (κ3) is 3.65. The Labute approximate surface area is 186 Å². The lowest BCUT2D eigenvalue weighted by molar-refractivity contribution is 0.247. The van der Waals surface area contributed by atoms with Crippen LogP contribution in [0.5, 0.6) is 5.75 Å². The van der Waals surface area contributed by atoms with Crippen LogP contribution in [0.1, 0.15) is 11.1 Å². The van der Waals surface area contributed by atoms with E-state index in [2.05, 4.69) is 36.8 Å². The number of piperazine rings is 1. The maximum Gasteiger partial charge on any atom is 0.270 e. The molecule has 0 radical (unpaired) electrons. The molecule has 1 aromatic carbocycles. The number of aromatic hydroxyl groups is 1. The highest BCUT2D eigenvalue weighted by Crippen LogP contribution is 2.31. The molecule has 7 nitrogen and oxygen atoms in total. The number of para-hydroxylation sites is 1. The van der Waals surface area contributed by atoms with Crippen molar-refractivity contribution in [3.05, 3.63) is 61.4 Å². The Bertz CT molecular complexity index is 1230. The number of halogens is 2. The summed E-state index contributed by atoms with van der Waals surface area (Å²) in [6, 6.07) is 11.0. The van der Waals surface area contributed by atoms with Gasteiger partial charge < -0.3 is 14.6 Å². The van der Waals surface area contributed by atoms with Crippen LogP contribution in [-0.4, -0.2) is 45.7 Å². The number of pyridine rings is 2. The molecule has 0 bridgehead atoms. The molecular formula is C21H19BrClN5O2. The molecule has 1 saturated heterocycles. The molecule has 0 atom stereocenters. The maximum atomic E-state index is 12.8. The predicted molar refractivity (Wildman–Crippen MR) is 120 cm³/mol. The molecule has 1 aliphatic heterocycles. The van der Waals surface area contributed by atoms with Gasteiger partial charge in [0.2, 0.25) is 0 Å². The summed E-state index contributed by atoms with van der Waals surface area (Å²) < 4.78 is 2.11. The summed E-state index contributed by atoms with van der Waals surface area (Å²) in [5, 5.41) is 20.2. The van der Waals surface area contributed by atoms with Crippen molar-refractivity contribution in [1.29, 1.82) is 5.26 Å². The summed E-state index contributed by atoms with van der Waals surface area (Å²) in [5.74, 6) is 0.111. The first-order valence-corrected chi connectivity index (χ1v) is 10.6. The summed E-state index contributed by atoms with van der Waals surface area (Å²) in [6.45, 7) is 3.26. The Morgan fingerprint density at radius 1 is 1.23 bits per heavy atom. The van der Waals surface area contributed by atoms with Crippen LogP contribution in [0, 0.1) is 11.3 Å². The van der Waals surface area contributed by atoms with Gasteiger partial charge in [0.05, 0.1) is 16.2 Å². The van der Waals surface area contributed by atoms with Crippen molar-refractivity contribution in [2.75, 3.05) is 31.1 Å². The molecule has 2 aromatic heterocycles. The van der Waals surface area contributed by atoms with Crippen molar-refractivity contribution < 1.29 is 5.11 Å². The van der Waals surface area contributed by atoms with Gasteiger partial charge in [-0.15, -0.1) is 0 Å². The van der Waals surface area contributed by atoms with Crippen LogP contribution in [0.2, 0.25) is 5.02 Å². The van der Waals surface area contributed by atoms with Gasteiger partial charge in [0, 0.05) is 45.3 Å². The molecule has 1 N–H and O–H groups in total. The van der Waals surface area contributed by atoms with E-state index in [9.17, 15) is 15.2 Å². The Balaban J connectivity index is 1.64. The lowest BCUT2D eigenvalue weighted by Gasteiger charge is -2.36. The van der Waals surface area contributed by atoms with Crippen LogP contribution in [-0.2, 0) is 13.6 Å². The summed E-state index contributed by atoms with van der Waals surface area (Å²) in [5.41, 5.74) is 2.46. The van der Waals surface area contributed by atoms with Gasteiger partial charge in [-0.05, 0) is 34.1 Å². The number of hydrogen-bond donors (Lipinski definition) is 1. The third-order valence-electron chi connectivity index (χ3n) is 5.45. The van der Waals surface area contributed by atoms with E-state index in [0.717, 1.165) is 5.56 Å². The van der Waals surface area contributed by atoms with Crippen molar-refractivity contribution in [1.82, 2.24) is 14.5 Å². The van der Waals surface area contributed by atoms with Crippen LogP contribution < -0.4 is 10.5 Å². The standard InChI is InChI=1S/C21H19BrClN5O2/c1-26-16-5-6-17(22)25-18(16)19(14(11-24)21(26)30)28-9-7-27(8-10-28)12-13-3-2-4-15(23)20(13)29/h2-6,29H,7-10,12H2,1H3. The number of nitriles is 1. The molecule has 1 fully saturated rings. The number of phenolic OH excluding ortho intramolecular Hbond substituents is 1. The monoisotopic (exact) mass is 487 g/mol. The third-order valence-corrected chi connectivity index (χ3v) is 6.19. The molecule has 1 aliphatic rings. The van der Waals surface area contributed by atoms with Crippen LogP contribution in [0.4, 0.5) is 5.69 Å². The van der Waals surface area contributed by atoms with E-state index in [0.29, 0.717) is 59.1 Å². The second kappa shape index (κ2) is 8.26. The normalized spacial score (nSPS) is 14.8. The average molecular weight is 489 g/mol.